The molecule has 1 atom stereocenters. The lowest BCUT2D eigenvalue weighted by Gasteiger charge is -2.09. The van der Waals surface area contributed by atoms with Crippen molar-refractivity contribution in [2.24, 2.45) is 0 Å². The molecule has 1 N–H and O–H groups in total. The third-order valence-electron chi connectivity index (χ3n) is 2.34. The molecule has 1 aromatic heterocycles. The van der Waals surface area contributed by atoms with E-state index < -0.39 is 0 Å². The molecular formula is C11H13N5OS. The van der Waals surface area contributed by atoms with Crippen molar-refractivity contribution < 1.29 is 4.79 Å². The van der Waals surface area contributed by atoms with Crippen LogP contribution >= 0.6 is 11.8 Å². The Balaban J connectivity index is 2.21. The Morgan fingerprint density at radius 1 is 1.39 bits per heavy atom. The highest BCUT2D eigenvalue weighted by Gasteiger charge is 2.17. The van der Waals surface area contributed by atoms with Crippen LogP contribution in [0, 0.1) is 0 Å². The van der Waals surface area contributed by atoms with E-state index in [-0.39, 0.29) is 11.2 Å². The fraction of sp³-hybridized carbons (Fsp3) is 0.273. The number of nitrogens with zero attached hydrogens (tertiary/aromatic N) is 4. The molecule has 18 heavy (non-hydrogen) atoms. The normalized spacial score (nSPS) is 12.1. The molecule has 2 aromatic rings. The van der Waals surface area contributed by atoms with E-state index in [4.69, 9.17) is 0 Å². The number of rotatable bonds is 4. The molecule has 1 amide bonds. The summed E-state index contributed by atoms with van der Waals surface area (Å²) in [6, 6.07) is 9.56. The second-order valence-electron chi connectivity index (χ2n) is 3.58. The smallest absolute Gasteiger partial charge is 0.233 e. The molecule has 94 valence electrons. The number of hydrogen-bond acceptors (Lipinski definition) is 5. The number of thioether (sulfide) groups is 1. The van der Waals surface area contributed by atoms with E-state index >= 15 is 0 Å². The summed E-state index contributed by atoms with van der Waals surface area (Å²) >= 11 is 1.32. The Morgan fingerprint density at radius 3 is 2.78 bits per heavy atom. The Bertz CT molecular complexity index is 527. The van der Waals surface area contributed by atoms with Gasteiger partial charge in [0.1, 0.15) is 0 Å². The van der Waals surface area contributed by atoms with Crippen LogP contribution < -0.4 is 5.32 Å². The quantitative estimate of drug-likeness (QED) is 0.829. The average molecular weight is 263 g/mol. The van der Waals surface area contributed by atoms with E-state index in [1.165, 1.54) is 11.8 Å². The van der Waals surface area contributed by atoms with Gasteiger partial charge in [0.25, 0.3) is 0 Å². The minimum Gasteiger partial charge on any atom is -0.358 e. The van der Waals surface area contributed by atoms with E-state index in [2.05, 4.69) is 20.8 Å². The zero-order valence-corrected chi connectivity index (χ0v) is 10.9. The average Bonchev–Trinajstić information content (AvgIpc) is 2.86. The van der Waals surface area contributed by atoms with Gasteiger partial charge in [-0.3, -0.25) is 4.79 Å². The maximum absolute atomic E-state index is 11.5. The molecule has 0 saturated carbocycles. The number of hydrogen-bond donors (Lipinski definition) is 1. The van der Waals surface area contributed by atoms with Crippen LogP contribution in [-0.2, 0) is 4.79 Å². The number of carbonyl (C=O) groups is 1. The maximum Gasteiger partial charge on any atom is 0.233 e. The van der Waals surface area contributed by atoms with Crippen LogP contribution in [0.25, 0.3) is 5.69 Å². The molecule has 6 nitrogen and oxygen atoms in total. The summed E-state index contributed by atoms with van der Waals surface area (Å²) in [7, 11) is 1.61. The van der Waals surface area contributed by atoms with Crippen LogP contribution in [0.1, 0.15) is 6.92 Å². The summed E-state index contributed by atoms with van der Waals surface area (Å²) in [6.07, 6.45) is 0. The molecule has 0 aliphatic rings. The van der Waals surface area contributed by atoms with Crippen molar-refractivity contribution in [3.8, 4) is 5.69 Å². The molecule has 0 aliphatic carbocycles. The van der Waals surface area contributed by atoms with Gasteiger partial charge >= 0.3 is 0 Å². The van der Waals surface area contributed by atoms with Crippen LogP contribution in [0.15, 0.2) is 35.5 Å². The third-order valence-corrected chi connectivity index (χ3v) is 3.37. The molecule has 0 saturated heterocycles. The summed E-state index contributed by atoms with van der Waals surface area (Å²) in [5.41, 5.74) is 0.870. The lowest BCUT2D eigenvalue weighted by molar-refractivity contribution is -0.119. The zero-order chi connectivity index (χ0) is 13.0. The lowest BCUT2D eigenvalue weighted by atomic mass is 10.3. The molecule has 0 unspecified atom stereocenters. The molecule has 0 radical (unpaired) electrons. The number of carbonyl (C=O) groups excluding carboxylic acids is 1. The molecule has 1 heterocycles. The van der Waals surface area contributed by atoms with Crippen molar-refractivity contribution >= 4 is 17.7 Å². The van der Waals surface area contributed by atoms with E-state index in [0.29, 0.717) is 5.16 Å². The first kappa shape index (κ1) is 12.6. The van der Waals surface area contributed by atoms with Gasteiger partial charge < -0.3 is 5.32 Å². The number of para-hydroxylation sites is 1. The van der Waals surface area contributed by atoms with Gasteiger partial charge in [-0.1, -0.05) is 30.0 Å². The summed E-state index contributed by atoms with van der Waals surface area (Å²) < 4.78 is 1.62. The number of benzene rings is 1. The Morgan fingerprint density at radius 2 is 2.11 bits per heavy atom. The standard InChI is InChI=1S/C11H13N5OS/c1-8(10(17)12-2)18-11-13-14-15-16(11)9-6-4-3-5-7-9/h3-8H,1-2H3,(H,12,17)/t8-/m1/s1. The van der Waals surface area contributed by atoms with E-state index in [9.17, 15) is 4.79 Å². The summed E-state index contributed by atoms with van der Waals surface area (Å²) in [4.78, 5) is 11.5. The largest absolute Gasteiger partial charge is 0.358 e. The second kappa shape index (κ2) is 5.63. The van der Waals surface area contributed by atoms with Crippen molar-refractivity contribution in [2.75, 3.05) is 7.05 Å². The molecule has 0 bridgehead atoms. The minimum atomic E-state index is -0.247. The molecule has 0 aliphatic heterocycles. The number of aromatic nitrogens is 4. The van der Waals surface area contributed by atoms with Crippen LogP contribution in [0.5, 0.6) is 0 Å². The van der Waals surface area contributed by atoms with Gasteiger partial charge in [-0.25, -0.2) is 0 Å². The Kier molecular flexibility index (Phi) is 3.93. The van der Waals surface area contributed by atoms with E-state index in [1.54, 1.807) is 11.7 Å². The van der Waals surface area contributed by atoms with E-state index in [1.807, 2.05) is 37.3 Å². The van der Waals surface area contributed by atoms with Gasteiger partial charge in [-0.15, -0.1) is 5.10 Å². The van der Waals surface area contributed by atoms with Gasteiger partial charge in [0.2, 0.25) is 11.1 Å². The fourth-order valence-corrected chi connectivity index (χ4v) is 2.27. The summed E-state index contributed by atoms with van der Waals surface area (Å²) in [6.45, 7) is 1.81. The third kappa shape index (κ3) is 2.67. The summed E-state index contributed by atoms with van der Waals surface area (Å²) in [5.74, 6) is -0.0531. The predicted octanol–water partition coefficient (Wildman–Crippen LogP) is 0.889. The first-order valence-electron chi connectivity index (χ1n) is 5.44. The van der Waals surface area contributed by atoms with E-state index in [0.717, 1.165) is 5.69 Å². The lowest BCUT2D eigenvalue weighted by Crippen LogP contribution is -2.27. The van der Waals surface area contributed by atoms with Gasteiger partial charge in [0.05, 0.1) is 10.9 Å². The second-order valence-corrected chi connectivity index (χ2v) is 4.89. The van der Waals surface area contributed by atoms with Crippen LogP contribution in [0.4, 0.5) is 0 Å². The number of amides is 1. The first-order valence-corrected chi connectivity index (χ1v) is 6.32. The Labute approximate surface area is 109 Å². The number of nitrogens with one attached hydrogen (secondary N) is 1. The predicted molar refractivity (Wildman–Crippen MR) is 68.5 cm³/mol. The number of tetrazole rings is 1. The van der Waals surface area contributed by atoms with Crippen molar-refractivity contribution in [3.05, 3.63) is 30.3 Å². The Hall–Kier alpha value is -1.89. The SMILES string of the molecule is CNC(=O)[C@@H](C)Sc1nnnn1-c1ccccc1. The molecule has 0 spiro atoms. The van der Waals surface area contributed by atoms with Crippen molar-refractivity contribution in [3.63, 3.8) is 0 Å². The zero-order valence-electron chi connectivity index (χ0n) is 10.1. The van der Waals surface area contributed by atoms with Gasteiger partial charge in [-0.05, 0) is 29.5 Å². The molecule has 0 fully saturated rings. The topological polar surface area (TPSA) is 72.7 Å². The molecular weight excluding hydrogens is 250 g/mol. The first-order chi connectivity index (χ1) is 8.72. The van der Waals surface area contributed by atoms with Crippen molar-refractivity contribution in [2.45, 2.75) is 17.3 Å². The van der Waals surface area contributed by atoms with Gasteiger partial charge in [0.15, 0.2) is 0 Å². The van der Waals surface area contributed by atoms with Crippen LogP contribution in [-0.4, -0.2) is 38.4 Å². The highest BCUT2D eigenvalue weighted by atomic mass is 32.2. The fourth-order valence-electron chi connectivity index (χ4n) is 1.40. The molecule has 2 rings (SSSR count). The molecule has 1 aromatic carbocycles. The van der Waals surface area contributed by atoms with Crippen LogP contribution in [0.2, 0.25) is 0 Å². The highest BCUT2D eigenvalue weighted by molar-refractivity contribution is 8.00. The summed E-state index contributed by atoms with van der Waals surface area (Å²) in [5, 5.41) is 14.5. The maximum atomic E-state index is 11.5. The molecule has 7 heteroatoms. The van der Waals surface area contributed by atoms with Crippen LogP contribution in [0.3, 0.4) is 0 Å². The minimum absolute atomic E-state index is 0.0531. The van der Waals surface area contributed by atoms with Crippen molar-refractivity contribution in [1.82, 2.24) is 25.5 Å². The van der Waals surface area contributed by atoms with Gasteiger partial charge in [0, 0.05) is 7.05 Å². The van der Waals surface area contributed by atoms with Crippen molar-refractivity contribution in [1.29, 1.82) is 0 Å². The van der Waals surface area contributed by atoms with Gasteiger partial charge in [-0.2, -0.15) is 4.68 Å². The highest BCUT2D eigenvalue weighted by Crippen LogP contribution is 2.22. The monoisotopic (exact) mass is 263 g/mol.